The fraction of sp³-hybridized carbons (Fsp3) is 0.769. The van der Waals surface area contributed by atoms with E-state index < -0.39 is 11.4 Å². The highest BCUT2D eigenvalue weighted by Gasteiger charge is 2.38. The van der Waals surface area contributed by atoms with Crippen LogP contribution >= 0.6 is 11.8 Å². The standard InChI is InChI=1S/C13H19F3N2OS/c1-8-9(2)18(7-11-5-4-6-19-11)12(17-8)20-10(3)13(14,15)16/h10-11H,4-7H2,1-3H3. The molecule has 20 heavy (non-hydrogen) atoms. The second-order valence-corrected chi connectivity index (χ2v) is 6.42. The van der Waals surface area contributed by atoms with Crippen LogP contribution in [-0.4, -0.2) is 33.7 Å². The summed E-state index contributed by atoms with van der Waals surface area (Å²) < 4.78 is 45.5. The summed E-state index contributed by atoms with van der Waals surface area (Å²) in [4.78, 5) is 4.28. The van der Waals surface area contributed by atoms with E-state index in [1.807, 2.05) is 18.4 Å². The van der Waals surface area contributed by atoms with Crippen molar-refractivity contribution in [2.45, 2.75) is 62.8 Å². The minimum atomic E-state index is -4.22. The molecule has 1 saturated heterocycles. The van der Waals surface area contributed by atoms with Crippen molar-refractivity contribution in [1.82, 2.24) is 9.55 Å². The minimum Gasteiger partial charge on any atom is -0.376 e. The van der Waals surface area contributed by atoms with Crippen molar-refractivity contribution in [3.05, 3.63) is 11.4 Å². The molecule has 1 aliphatic heterocycles. The van der Waals surface area contributed by atoms with Crippen LogP contribution in [0.5, 0.6) is 0 Å². The molecule has 2 atom stereocenters. The SMILES string of the molecule is Cc1nc(SC(C)C(F)(F)F)n(CC2CCCO2)c1C. The van der Waals surface area contributed by atoms with E-state index in [1.165, 1.54) is 6.92 Å². The Morgan fingerprint density at radius 1 is 1.45 bits per heavy atom. The van der Waals surface area contributed by atoms with Gasteiger partial charge < -0.3 is 9.30 Å². The Kier molecular flexibility index (Phi) is 4.69. The molecule has 1 aliphatic rings. The van der Waals surface area contributed by atoms with E-state index in [4.69, 9.17) is 4.74 Å². The van der Waals surface area contributed by atoms with Gasteiger partial charge in [0.2, 0.25) is 0 Å². The smallest absolute Gasteiger partial charge is 0.376 e. The van der Waals surface area contributed by atoms with Crippen molar-refractivity contribution in [3.8, 4) is 0 Å². The molecular weight excluding hydrogens is 289 g/mol. The van der Waals surface area contributed by atoms with Gasteiger partial charge in [0.1, 0.15) is 5.25 Å². The Bertz CT molecular complexity index is 467. The van der Waals surface area contributed by atoms with Crippen LogP contribution in [0.1, 0.15) is 31.2 Å². The van der Waals surface area contributed by atoms with Gasteiger partial charge in [-0.25, -0.2) is 4.98 Å². The molecule has 0 bridgehead atoms. The molecule has 0 saturated carbocycles. The van der Waals surface area contributed by atoms with Gasteiger partial charge in [0, 0.05) is 12.3 Å². The van der Waals surface area contributed by atoms with Gasteiger partial charge >= 0.3 is 6.18 Å². The quantitative estimate of drug-likeness (QED) is 0.793. The van der Waals surface area contributed by atoms with Crippen molar-refractivity contribution in [2.24, 2.45) is 0 Å². The molecule has 2 unspecified atom stereocenters. The second-order valence-electron chi connectivity index (χ2n) is 5.11. The van der Waals surface area contributed by atoms with E-state index in [9.17, 15) is 13.2 Å². The van der Waals surface area contributed by atoms with Crippen LogP contribution < -0.4 is 0 Å². The van der Waals surface area contributed by atoms with Crippen molar-refractivity contribution >= 4 is 11.8 Å². The topological polar surface area (TPSA) is 27.1 Å². The van der Waals surface area contributed by atoms with Gasteiger partial charge in [0.25, 0.3) is 0 Å². The number of rotatable bonds is 4. The summed E-state index contributed by atoms with van der Waals surface area (Å²) in [6.07, 6.45) is -2.16. The number of halogens is 3. The van der Waals surface area contributed by atoms with Gasteiger partial charge in [-0.2, -0.15) is 13.2 Å². The molecule has 3 nitrogen and oxygen atoms in total. The number of nitrogens with zero attached hydrogens (tertiary/aromatic N) is 2. The van der Waals surface area contributed by atoms with Crippen molar-refractivity contribution in [2.75, 3.05) is 6.61 Å². The lowest BCUT2D eigenvalue weighted by Gasteiger charge is -2.18. The van der Waals surface area contributed by atoms with E-state index in [2.05, 4.69) is 4.98 Å². The van der Waals surface area contributed by atoms with E-state index in [-0.39, 0.29) is 6.10 Å². The van der Waals surface area contributed by atoms with Gasteiger partial charge in [-0.1, -0.05) is 11.8 Å². The first kappa shape index (κ1) is 15.7. The maximum atomic E-state index is 12.7. The summed E-state index contributed by atoms with van der Waals surface area (Å²) in [7, 11) is 0. The molecule has 0 N–H and O–H groups in total. The van der Waals surface area contributed by atoms with Gasteiger partial charge in [0.05, 0.1) is 18.3 Å². The van der Waals surface area contributed by atoms with Crippen LogP contribution in [0.2, 0.25) is 0 Å². The van der Waals surface area contributed by atoms with Crippen LogP contribution in [-0.2, 0) is 11.3 Å². The van der Waals surface area contributed by atoms with Crippen molar-refractivity contribution in [1.29, 1.82) is 0 Å². The molecular formula is C13H19F3N2OS. The Morgan fingerprint density at radius 3 is 2.70 bits per heavy atom. The molecule has 1 aromatic heterocycles. The summed E-state index contributed by atoms with van der Waals surface area (Å²) in [5, 5.41) is -1.03. The summed E-state index contributed by atoms with van der Waals surface area (Å²) >= 11 is 0.767. The zero-order valence-electron chi connectivity index (χ0n) is 11.8. The number of hydrogen-bond acceptors (Lipinski definition) is 3. The molecule has 0 spiro atoms. The Labute approximate surface area is 120 Å². The molecule has 2 rings (SSSR count). The largest absolute Gasteiger partial charge is 0.400 e. The predicted molar refractivity (Wildman–Crippen MR) is 72.0 cm³/mol. The maximum Gasteiger partial charge on any atom is 0.400 e. The Hall–Kier alpha value is -0.690. The number of thioether (sulfide) groups is 1. The summed E-state index contributed by atoms with van der Waals surface area (Å²) in [6.45, 7) is 6.20. The summed E-state index contributed by atoms with van der Waals surface area (Å²) in [5.41, 5.74) is 1.69. The molecule has 114 valence electrons. The van der Waals surface area contributed by atoms with Gasteiger partial charge in [0.15, 0.2) is 5.16 Å². The molecule has 0 aromatic carbocycles. The lowest BCUT2D eigenvalue weighted by atomic mass is 10.2. The second kappa shape index (κ2) is 5.97. The lowest BCUT2D eigenvalue weighted by molar-refractivity contribution is -0.125. The van der Waals surface area contributed by atoms with Crippen molar-refractivity contribution in [3.63, 3.8) is 0 Å². The average Bonchev–Trinajstić information content (AvgIpc) is 2.93. The highest BCUT2D eigenvalue weighted by molar-refractivity contribution is 7.99. The van der Waals surface area contributed by atoms with Crippen LogP contribution in [0, 0.1) is 13.8 Å². The average molecular weight is 308 g/mol. The minimum absolute atomic E-state index is 0.0860. The Balaban J connectivity index is 2.17. The highest BCUT2D eigenvalue weighted by Crippen LogP contribution is 2.35. The van der Waals surface area contributed by atoms with Crippen molar-refractivity contribution < 1.29 is 17.9 Å². The number of hydrogen-bond donors (Lipinski definition) is 0. The number of alkyl halides is 3. The first-order valence-corrected chi connectivity index (χ1v) is 7.55. The third kappa shape index (κ3) is 3.49. The van der Waals surface area contributed by atoms with Crippen LogP contribution in [0.4, 0.5) is 13.2 Å². The summed E-state index contributed by atoms with van der Waals surface area (Å²) in [6, 6.07) is 0. The normalized spacial score (nSPS) is 21.4. The Morgan fingerprint density at radius 2 is 2.15 bits per heavy atom. The highest BCUT2D eigenvalue weighted by atomic mass is 32.2. The van der Waals surface area contributed by atoms with E-state index in [0.717, 1.165) is 42.6 Å². The number of imidazole rings is 1. The summed E-state index contributed by atoms with van der Waals surface area (Å²) in [5.74, 6) is 0. The van der Waals surface area contributed by atoms with E-state index >= 15 is 0 Å². The third-order valence-corrected chi connectivity index (χ3v) is 4.72. The first-order valence-electron chi connectivity index (χ1n) is 6.67. The number of ether oxygens (including phenoxy) is 1. The number of aromatic nitrogens is 2. The molecule has 2 heterocycles. The van der Waals surface area contributed by atoms with Gasteiger partial charge in [-0.15, -0.1) is 0 Å². The zero-order chi connectivity index (χ0) is 14.9. The van der Waals surface area contributed by atoms with E-state index in [0.29, 0.717) is 11.7 Å². The molecule has 0 aliphatic carbocycles. The molecule has 0 radical (unpaired) electrons. The fourth-order valence-electron chi connectivity index (χ4n) is 2.15. The number of aryl methyl sites for hydroxylation is 1. The zero-order valence-corrected chi connectivity index (χ0v) is 12.6. The molecule has 0 amide bonds. The van der Waals surface area contributed by atoms with Gasteiger partial charge in [-0.05, 0) is 33.6 Å². The predicted octanol–water partition coefficient (Wildman–Crippen LogP) is 3.72. The van der Waals surface area contributed by atoms with Crippen LogP contribution in [0.15, 0.2) is 5.16 Å². The molecule has 1 aromatic rings. The lowest BCUT2D eigenvalue weighted by Crippen LogP contribution is -2.23. The first-order chi connectivity index (χ1) is 9.29. The van der Waals surface area contributed by atoms with Crippen LogP contribution in [0.25, 0.3) is 0 Å². The third-order valence-electron chi connectivity index (χ3n) is 3.58. The van der Waals surface area contributed by atoms with Gasteiger partial charge in [-0.3, -0.25) is 0 Å². The van der Waals surface area contributed by atoms with Crippen LogP contribution in [0.3, 0.4) is 0 Å². The molecule has 7 heteroatoms. The van der Waals surface area contributed by atoms with E-state index in [1.54, 1.807) is 0 Å². The fourth-order valence-corrected chi connectivity index (χ4v) is 3.12. The maximum absolute atomic E-state index is 12.7. The monoisotopic (exact) mass is 308 g/mol. The molecule has 1 fully saturated rings.